The zero-order chi connectivity index (χ0) is 22.7. The third kappa shape index (κ3) is 4.81. The number of aromatic nitrogens is 2. The molecule has 0 spiro atoms. The number of carbonyl (C=O) groups excluding carboxylic acids is 2. The van der Waals surface area contributed by atoms with E-state index in [-0.39, 0.29) is 0 Å². The molecule has 1 fully saturated rings. The molecule has 0 aliphatic carbocycles. The van der Waals surface area contributed by atoms with Crippen LogP contribution < -0.4 is 15.5 Å². The number of hydrogen-bond donors (Lipinski definition) is 2. The fourth-order valence-corrected chi connectivity index (χ4v) is 3.70. The first-order valence-corrected chi connectivity index (χ1v) is 10.7. The molecule has 0 atom stereocenters. The van der Waals surface area contributed by atoms with E-state index in [4.69, 9.17) is 0 Å². The second kappa shape index (κ2) is 9.23. The van der Waals surface area contributed by atoms with Gasteiger partial charge in [-0.15, -0.1) is 0 Å². The highest BCUT2D eigenvalue weighted by atomic mass is 16.2. The third-order valence-electron chi connectivity index (χ3n) is 5.70. The molecule has 0 saturated carbocycles. The van der Waals surface area contributed by atoms with Crippen molar-refractivity contribution >= 4 is 28.9 Å². The predicted molar refractivity (Wildman–Crippen MR) is 126 cm³/mol. The SMILES string of the molecule is Cc1cc(N2CCN(C)CC2)ccc1NC(=O)C(=O)Nc1cn(-c2ccccc2)nc1C. The largest absolute Gasteiger partial charge is 0.369 e. The lowest BCUT2D eigenvalue weighted by molar-refractivity contribution is -0.133. The van der Waals surface area contributed by atoms with Crippen molar-refractivity contribution in [1.82, 2.24) is 14.7 Å². The van der Waals surface area contributed by atoms with Gasteiger partial charge in [-0.1, -0.05) is 18.2 Å². The van der Waals surface area contributed by atoms with Crippen molar-refractivity contribution in [1.29, 1.82) is 0 Å². The van der Waals surface area contributed by atoms with Gasteiger partial charge in [0.25, 0.3) is 0 Å². The van der Waals surface area contributed by atoms with Crippen molar-refractivity contribution in [3.63, 3.8) is 0 Å². The van der Waals surface area contributed by atoms with Crippen LogP contribution in [-0.4, -0.2) is 59.7 Å². The Bertz CT molecular complexity index is 1120. The van der Waals surface area contributed by atoms with Gasteiger partial charge < -0.3 is 20.4 Å². The first-order valence-electron chi connectivity index (χ1n) is 10.7. The quantitative estimate of drug-likeness (QED) is 0.620. The van der Waals surface area contributed by atoms with E-state index in [9.17, 15) is 9.59 Å². The lowest BCUT2D eigenvalue weighted by Crippen LogP contribution is -2.44. The number of rotatable bonds is 4. The smallest absolute Gasteiger partial charge is 0.314 e. The molecule has 8 heteroatoms. The van der Waals surface area contributed by atoms with Crippen LogP contribution >= 0.6 is 0 Å². The maximum absolute atomic E-state index is 12.5. The summed E-state index contributed by atoms with van der Waals surface area (Å²) in [6.45, 7) is 7.71. The summed E-state index contributed by atoms with van der Waals surface area (Å²) in [6, 6.07) is 15.5. The van der Waals surface area contributed by atoms with Gasteiger partial charge in [0.2, 0.25) is 0 Å². The van der Waals surface area contributed by atoms with Crippen LogP contribution in [0.15, 0.2) is 54.7 Å². The maximum atomic E-state index is 12.5. The minimum absolute atomic E-state index is 0.496. The van der Waals surface area contributed by atoms with Gasteiger partial charge in [0.05, 0.1) is 23.3 Å². The molecule has 1 saturated heterocycles. The fourth-order valence-electron chi connectivity index (χ4n) is 3.70. The van der Waals surface area contributed by atoms with E-state index >= 15 is 0 Å². The van der Waals surface area contributed by atoms with Crippen LogP contribution in [0.25, 0.3) is 5.69 Å². The lowest BCUT2D eigenvalue weighted by atomic mass is 10.1. The van der Waals surface area contributed by atoms with Gasteiger partial charge >= 0.3 is 11.8 Å². The van der Waals surface area contributed by atoms with Crippen LogP contribution in [0.3, 0.4) is 0 Å². The Balaban J connectivity index is 1.40. The molecule has 2 amide bonds. The minimum Gasteiger partial charge on any atom is -0.369 e. The van der Waals surface area contributed by atoms with Crippen molar-refractivity contribution in [3.8, 4) is 5.69 Å². The molecule has 32 heavy (non-hydrogen) atoms. The Morgan fingerprint density at radius 2 is 1.50 bits per heavy atom. The molecule has 1 aliphatic rings. The number of anilines is 3. The number of amides is 2. The van der Waals surface area contributed by atoms with Crippen LogP contribution in [0.2, 0.25) is 0 Å². The monoisotopic (exact) mass is 432 g/mol. The van der Waals surface area contributed by atoms with Gasteiger partial charge in [0.1, 0.15) is 0 Å². The summed E-state index contributed by atoms with van der Waals surface area (Å²) in [7, 11) is 2.13. The van der Waals surface area contributed by atoms with E-state index in [0.717, 1.165) is 43.1 Å². The third-order valence-corrected chi connectivity index (χ3v) is 5.70. The summed E-state index contributed by atoms with van der Waals surface area (Å²) in [5.74, 6) is -1.45. The minimum atomic E-state index is -0.733. The van der Waals surface area contributed by atoms with E-state index < -0.39 is 11.8 Å². The maximum Gasteiger partial charge on any atom is 0.314 e. The van der Waals surface area contributed by atoms with Crippen molar-refractivity contribution in [3.05, 3.63) is 66.0 Å². The molecule has 3 aromatic rings. The van der Waals surface area contributed by atoms with Gasteiger partial charge in [-0.05, 0) is 56.8 Å². The summed E-state index contributed by atoms with van der Waals surface area (Å²) in [6.07, 6.45) is 1.70. The standard InChI is InChI=1S/C24H28N6O2/c1-17-15-20(29-13-11-28(3)12-14-29)9-10-21(17)25-23(31)24(32)26-22-16-30(27-18(22)2)19-7-5-4-6-8-19/h4-10,15-16H,11-14H2,1-3H3,(H,25,31)(H,26,32). The number of piperazine rings is 1. The highest BCUT2D eigenvalue weighted by molar-refractivity contribution is 6.43. The number of likely N-dealkylation sites (N-methyl/N-ethyl adjacent to an activating group) is 1. The molecule has 2 N–H and O–H groups in total. The van der Waals surface area contributed by atoms with Crippen LogP contribution in [0, 0.1) is 13.8 Å². The number of aryl methyl sites for hydroxylation is 2. The molecule has 8 nitrogen and oxygen atoms in total. The number of nitrogens with one attached hydrogen (secondary N) is 2. The summed E-state index contributed by atoms with van der Waals surface area (Å²) in [4.78, 5) is 29.7. The van der Waals surface area contributed by atoms with E-state index in [1.165, 1.54) is 0 Å². The van der Waals surface area contributed by atoms with Gasteiger partial charge in [0.15, 0.2) is 0 Å². The molecular weight excluding hydrogens is 404 g/mol. The van der Waals surface area contributed by atoms with Crippen LogP contribution in [0.5, 0.6) is 0 Å². The highest BCUT2D eigenvalue weighted by Crippen LogP contribution is 2.24. The highest BCUT2D eigenvalue weighted by Gasteiger charge is 2.19. The average Bonchev–Trinajstić information content (AvgIpc) is 3.16. The second-order valence-electron chi connectivity index (χ2n) is 8.11. The summed E-state index contributed by atoms with van der Waals surface area (Å²) >= 11 is 0. The molecule has 0 radical (unpaired) electrons. The lowest BCUT2D eigenvalue weighted by Gasteiger charge is -2.34. The van der Waals surface area contributed by atoms with Gasteiger partial charge in [-0.25, -0.2) is 4.68 Å². The Morgan fingerprint density at radius 3 is 2.16 bits per heavy atom. The zero-order valence-electron chi connectivity index (χ0n) is 18.6. The average molecular weight is 433 g/mol. The fraction of sp³-hybridized carbons (Fsp3) is 0.292. The summed E-state index contributed by atoms with van der Waals surface area (Å²) in [5, 5.41) is 9.79. The molecular formula is C24H28N6O2. The molecule has 1 aliphatic heterocycles. The predicted octanol–water partition coefficient (Wildman–Crippen LogP) is 2.82. The van der Waals surface area contributed by atoms with Crippen molar-refractivity contribution < 1.29 is 9.59 Å². The molecule has 1 aromatic heterocycles. The van der Waals surface area contributed by atoms with Gasteiger partial charge in [-0.3, -0.25) is 9.59 Å². The van der Waals surface area contributed by atoms with Crippen LogP contribution in [0.1, 0.15) is 11.3 Å². The molecule has 166 valence electrons. The molecule has 4 rings (SSSR count). The molecule has 0 unspecified atom stereocenters. The number of hydrogen-bond acceptors (Lipinski definition) is 5. The number of benzene rings is 2. The summed E-state index contributed by atoms with van der Waals surface area (Å²) in [5.41, 5.74) is 4.66. The number of nitrogens with zero attached hydrogens (tertiary/aromatic N) is 4. The van der Waals surface area contributed by atoms with Crippen LogP contribution in [0.4, 0.5) is 17.1 Å². The molecule has 2 heterocycles. The first kappa shape index (κ1) is 21.6. The Labute approximate surface area is 187 Å². The van der Waals surface area contributed by atoms with Crippen LogP contribution in [-0.2, 0) is 9.59 Å². The van der Waals surface area contributed by atoms with E-state index in [1.807, 2.05) is 55.5 Å². The van der Waals surface area contributed by atoms with E-state index in [1.54, 1.807) is 17.8 Å². The Morgan fingerprint density at radius 1 is 0.844 bits per heavy atom. The van der Waals surface area contributed by atoms with Gasteiger partial charge in [-0.2, -0.15) is 5.10 Å². The second-order valence-corrected chi connectivity index (χ2v) is 8.11. The Hall–Kier alpha value is -3.65. The van der Waals surface area contributed by atoms with E-state index in [0.29, 0.717) is 17.1 Å². The number of carbonyl (C=O) groups is 2. The van der Waals surface area contributed by atoms with E-state index in [2.05, 4.69) is 32.6 Å². The normalized spacial score (nSPS) is 14.3. The molecule has 2 aromatic carbocycles. The Kier molecular flexibility index (Phi) is 6.23. The van der Waals surface area contributed by atoms with Crippen molar-refractivity contribution in [2.75, 3.05) is 48.8 Å². The van der Waals surface area contributed by atoms with Crippen molar-refractivity contribution in [2.45, 2.75) is 13.8 Å². The number of para-hydroxylation sites is 1. The van der Waals surface area contributed by atoms with Crippen molar-refractivity contribution in [2.24, 2.45) is 0 Å². The molecule has 0 bridgehead atoms. The first-order chi connectivity index (χ1) is 15.4. The van der Waals surface area contributed by atoms with Gasteiger partial charge in [0, 0.05) is 37.6 Å². The summed E-state index contributed by atoms with van der Waals surface area (Å²) < 4.78 is 1.67. The topological polar surface area (TPSA) is 82.5 Å². The zero-order valence-corrected chi connectivity index (χ0v) is 18.6.